The minimum atomic E-state index is -3.66. The van der Waals surface area contributed by atoms with Gasteiger partial charge in [-0.25, -0.2) is 0 Å². The number of fused-ring (bicyclic) bond motifs is 1. The molecule has 0 saturated carbocycles. The molecule has 7 nitrogen and oxygen atoms in total. The SMILES string of the molecule is CN(CC(=O)NCC1CCCN1)C1=NS(=O)(=O)c2ccccc21. The molecule has 0 radical (unpaired) electrons. The number of hydrogen-bond donors (Lipinski definition) is 2. The molecule has 0 spiro atoms. The van der Waals surface area contributed by atoms with E-state index in [0.717, 1.165) is 19.4 Å². The summed E-state index contributed by atoms with van der Waals surface area (Å²) in [5, 5.41) is 6.19. The molecule has 0 aromatic heterocycles. The predicted octanol–water partition coefficient (Wildman–Crippen LogP) is -0.0645. The molecule has 23 heavy (non-hydrogen) atoms. The molecule has 124 valence electrons. The molecular weight excluding hydrogens is 316 g/mol. The second-order valence-electron chi connectivity index (χ2n) is 5.84. The van der Waals surface area contributed by atoms with Gasteiger partial charge in [-0.2, -0.15) is 8.42 Å². The van der Waals surface area contributed by atoms with E-state index in [9.17, 15) is 13.2 Å². The molecule has 1 aromatic carbocycles. The van der Waals surface area contributed by atoms with Crippen LogP contribution in [0.3, 0.4) is 0 Å². The number of carbonyl (C=O) groups excluding carboxylic acids is 1. The summed E-state index contributed by atoms with van der Waals surface area (Å²) in [5.41, 5.74) is 0.542. The molecule has 1 saturated heterocycles. The van der Waals surface area contributed by atoms with Crippen molar-refractivity contribution in [3.63, 3.8) is 0 Å². The van der Waals surface area contributed by atoms with Crippen LogP contribution in [0.1, 0.15) is 18.4 Å². The van der Waals surface area contributed by atoms with E-state index in [4.69, 9.17) is 0 Å². The first-order valence-corrected chi connectivity index (χ1v) is 9.07. The molecule has 0 aliphatic carbocycles. The number of carbonyl (C=O) groups is 1. The summed E-state index contributed by atoms with van der Waals surface area (Å²) < 4.78 is 27.9. The molecule has 1 unspecified atom stereocenters. The number of nitrogens with one attached hydrogen (secondary N) is 2. The third kappa shape index (κ3) is 3.37. The van der Waals surface area contributed by atoms with Crippen LogP contribution in [0.4, 0.5) is 0 Å². The van der Waals surface area contributed by atoms with Crippen molar-refractivity contribution in [3.05, 3.63) is 29.8 Å². The smallest absolute Gasteiger partial charge is 0.285 e. The number of benzene rings is 1. The number of rotatable bonds is 4. The number of sulfonamides is 1. The van der Waals surface area contributed by atoms with E-state index in [1.165, 1.54) is 6.07 Å². The summed E-state index contributed by atoms with van der Waals surface area (Å²) in [6.07, 6.45) is 2.19. The summed E-state index contributed by atoms with van der Waals surface area (Å²) >= 11 is 0. The van der Waals surface area contributed by atoms with E-state index >= 15 is 0 Å². The molecule has 2 heterocycles. The number of likely N-dealkylation sites (N-methyl/N-ethyl adjacent to an activating group) is 1. The zero-order chi connectivity index (χ0) is 16.4. The lowest BCUT2D eigenvalue weighted by molar-refractivity contribution is -0.121. The van der Waals surface area contributed by atoms with Gasteiger partial charge in [0.15, 0.2) is 5.84 Å². The number of amidine groups is 1. The van der Waals surface area contributed by atoms with Crippen LogP contribution in [-0.4, -0.2) is 57.8 Å². The second kappa shape index (κ2) is 6.29. The zero-order valence-corrected chi connectivity index (χ0v) is 13.8. The van der Waals surface area contributed by atoms with Gasteiger partial charge in [-0.1, -0.05) is 12.1 Å². The zero-order valence-electron chi connectivity index (χ0n) is 12.9. The number of nitrogens with zero attached hydrogens (tertiary/aromatic N) is 2. The summed E-state index contributed by atoms with van der Waals surface area (Å²) in [6, 6.07) is 6.98. The standard InChI is InChI=1S/C15H20N4O3S/c1-19(10-14(20)17-9-11-5-4-8-16-11)15-12-6-2-3-7-13(12)23(21,22)18-15/h2-3,6-7,11,16H,4-5,8-10H2,1H3,(H,17,20). The van der Waals surface area contributed by atoms with Gasteiger partial charge in [-0.05, 0) is 31.5 Å². The minimum Gasteiger partial charge on any atom is -0.353 e. The topological polar surface area (TPSA) is 90.9 Å². The second-order valence-corrected chi connectivity index (χ2v) is 7.41. The van der Waals surface area contributed by atoms with E-state index in [-0.39, 0.29) is 17.3 Å². The first kappa shape index (κ1) is 15.9. The van der Waals surface area contributed by atoms with Gasteiger partial charge in [0.05, 0.1) is 6.54 Å². The van der Waals surface area contributed by atoms with Gasteiger partial charge in [-0.15, -0.1) is 4.40 Å². The molecule has 1 amide bonds. The summed E-state index contributed by atoms with van der Waals surface area (Å²) in [7, 11) is -1.99. The average Bonchev–Trinajstić information content (AvgIpc) is 3.12. The van der Waals surface area contributed by atoms with Crippen molar-refractivity contribution in [3.8, 4) is 0 Å². The highest BCUT2D eigenvalue weighted by atomic mass is 32.2. The Morgan fingerprint density at radius 1 is 1.43 bits per heavy atom. The molecule has 1 fully saturated rings. The molecule has 8 heteroatoms. The highest BCUT2D eigenvalue weighted by Gasteiger charge is 2.30. The van der Waals surface area contributed by atoms with Crippen LogP contribution < -0.4 is 10.6 Å². The molecule has 1 atom stereocenters. The van der Waals surface area contributed by atoms with E-state index in [1.807, 2.05) is 0 Å². The van der Waals surface area contributed by atoms with Crippen LogP contribution in [0, 0.1) is 0 Å². The first-order chi connectivity index (χ1) is 11.0. The van der Waals surface area contributed by atoms with E-state index < -0.39 is 10.0 Å². The Kier molecular flexibility index (Phi) is 4.36. The maximum absolute atomic E-state index is 12.1. The number of hydrogen-bond acceptors (Lipinski definition) is 5. The largest absolute Gasteiger partial charge is 0.353 e. The third-order valence-electron chi connectivity index (χ3n) is 4.06. The average molecular weight is 336 g/mol. The van der Waals surface area contributed by atoms with Crippen molar-refractivity contribution in [2.75, 3.05) is 26.7 Å². The maximum Gasteiger partial charge on any atom is 0.285 e. The number of amides is 1. The van der Waals surface area contributed by atoms with Crippen molar-refractivity contribution in [1.29, 1.82) is 0 Å². The minimum absolute atomic E-state index is 0.0649. The Bertz CT molecular complexity index is 739. The predicted molar refractivity (Wildman–Crippen MR) is 86.8 cm³/mol. The maximum atomic E-state index is 12.1. The van der Waals surface area contributed by atoms with Crippen LogP contribution in [0.15, 0.2) is 33.6 Å². The van der Waals surface area contributed by atoms with E-state index in [1.54, 1.807) is 30.1 Å². The Balaban J connectivity index is 1.64. The Hall–Kier alpha value is -1.93. The molecule has 2 N–H and O–H groups in total. The summed E-state index contributed by atoms with van der Waals surface area (Å²) in [5.74, 6) is 0.167. The van der Waals surface area contributed by atoms with Crippen LogP contribution in [-0.2, 0) is 14.8 Å². The van der Waals surface area contributed by atoms with Crippen molar-refractivity contribution in [2.45, 2.75) is 23.8 Å². The summed E-state index contributed by atoms with van der Waals surface area (Å²) in [4.78, 5) is 13.8. The summed E-state index contributed by atoms with van der Waals surface area (Å²) in [6.45, 7) is 1.65. The van der Waals surface area contributed by atoms with Crippen molar-refractivity contribution >= 4 is 21.8 Å². The first-order valence-electron chi connectivity index (χ1n) is 7.63. The van der Waals surface area contributed by atoms with Crippen LogP contribution in [0.2, 0.25) is 0 Å². The Morgan fingerprint density at radius 2 is 2.22 bits per heavy atom. The molecule has 1 aromatic rings. The molecule has 0 bridgehead atoms. The highest BCUT2D eigenvalue weighted by Crippen LogP contribution is 2.26. The Morgan fingerprint density at radius 3 is 2.96 bits per heavy atom. The van der Waals surface area contributed by atoms with Crippen molar-refractivity contribution < 1.29 is 13.2 Å². The van der Waals surface area contributed by atoms with Crippen LogP contribution >= 0.6 is 0 Å². The fourth-order valence-electron chi connectivity index (χ4n) is 2.88. The molecule has 2 aliphatic heterocycles. The van der Waals surface area contributed by atoms with Gasteiger partial charge in [0.1, 0.15) is 4.90 Å². The monoisotopic (exact) mass is 336 g/mol. The van der Waals surface area contributed by atoms with Gasteiger partial charge >= 0.3 is 0 Å². The van der Waals surface area contributed by atoms with Crippen molar-refractivity contribution in [1.82, 2.24) is 15.5 Å². The van der Waals surface area contributed by atoms with Crippen molar-refractivity contribution in [2.24, 2.45) is 4.40 Å². The third-order valence-corrected chi connectivity index (χ3v) is 5.39. The van der Waals surface area contributed by atoms with Crippen LogP contribution in [0.5, 0.6) is 0 Å². The highest BCUT2D eigenvalue weighted by molar-refractivity contribution is 7.90. The lowest BCUT2D eigenvalue weighted by Gasteiger charge is -2.19. The molecular formula is C15H20N4O3S. The lowest BCUT2D eigenvalue weighted by Crippen LogP contribution is -2.42. The van der Waals surface area contributed by atoms with Crippen LogP contribution in [0.25, 0.3) is 0 Å². The quantitative estimate of drug-likeness (QED) is 0.804. The van der Waals surface area contributed by atoms with Gasteiger partial charge in [-0.3, -0.25) is 4.79 Å². The fourth-order valence-corrected chi connectivity index (χ4v) is 4.13. The Labute approximate surface area is 135 Å². The fraction of sp³-hybridized carbons (Fsp3) is 0.467. The van der Waals surface area contributed by atoms with Gasteiger partial charge < -0.3 is 15.5 Å². The van der Waals surface area contributed by atoms with Gasteiger partial charge in [0.25, 0.3) is 10.0 Å². The van der Waals surface area contributed by atoms with E-state index in [2.05, 4.69) is 15.0 Å². The normalized spacial score (nSPS) is 21.6. The lowest BCUT2D eigenvalue weighted by atomic mass is 10.2. The van der Waals surface area contributed by atoms with Gasteiger partial charge in [0.2, 0.25) is 5.91 Å². The van der Waals surface area contributed by atoms with Gasteiger partial charge in [0, 0.05) is 25.2 Å². The van der Waals surface area contributed by atoms with E-state index in [0.29, 0.717) is 24.0 Å². The molecule has 2 aliphatic rings. The molecule has 3 rings (SSSR count).